The van der Waals surface area contributed by atoms with E-state index >= 15 is 0 Å². The van der Waals surface area contributed by atoms with E-state index in [9.17, 15) is 5.11 Å². The monoisotopic (exact) mass is 254 g/mol. The lowest BCUT2D eigenvalue weighted by Crippen LogP contribution is -1.81. The van der Waals surface area contributed by atoms with Gasteiger partial charge in [0.1, 0.15) is 0 Å². The minimum absolute atomic E-state index is 0.219. The molecule has 0 bridgehead atoms. The molecule has 0 radical (unpaired) electrons. The Morgan fingerprint density at radius 3 is 2.68 bits per heavy atom. The first-order chi connectivity index (χ1) is 9.33. The van der Waals surface area contributed by atoms with Crippen LogP contribution < -0.4 is 0 Å². The summed E-state index contributed by atoms with van der Waals surface area (Å²) in [5.41, 5.74) is 1.03. The maximum absolute atomic E-state index is 9.65. The van der Waals surface area contributed by atoms with Crippen LogP contribution in [-0.4, -0.2) is 16.3 Å². The van der Waals surface area contributed by atoms with Gasteiger partial charge in [0.15, 0.2) is 11.5 Å². The molecule has 19 heavy (non-hydrogen) atoms. The number of rotatable bonds is 3. The Labute approximate surface area is 108 Å². The van der Waals surface area contributed by atoms with Crippen molar-refractivity contribution in [3.8, 4) is 17.6 Å². The smallest absolute Gasteiger partial charge is 0.312 e. The minimum atomic E-state index is -0.286. The highest BCUT2D eigenvalue weighted by Crippen LogP contribution is 2.25. The van der Waals surface area contributed by atoms with Crippen molar-refractivity contribution in [1.82, 2.24) is 4.98 Å². The first-order valence-electron chi connectivity index (χ1n) is 5.66. The van der Waals surface area contributed by atoms with Gasteiger partial charge in [-0.05, 0) is 24.3 Å². The van der Waals surface area contributed by atoms with Gasteiger partial charge < -0.3 is 13.9 Å². The van der Waals surface area contributed by atoms with E-state index < -0.39 is 0 Å². The standard InChI is InChI=1S/C14H10N2O3/c17-14-11(9-15-10-5-2-1-3-6-10)16-13(19-14)12-7-4-8-18-12/h1-9,17H. The molecule has 0 saturated heterocycles. The zero-order valence-electron chi connectivity index (χ0n) is 9.85. The minimum Gasteiger partial charge on any atom is -0.479 e. The topological polar surface area (TPSA) is 71.8 Å². The highest BCUT2D eigenvalue weighted by molar-refractivity contribution is 5.82. The number of aromatic hydroxyl groups is 1. The van der Waals surface area contributed by atoms with Crippen LogP contribution in [0.2, 0.25) is 0 Å². The van der Waals surface area contributed by atoms with Crippen molar-refractivity contribution >= 4 is 11.9 Å². The van der Waals surface area contributed by atoms with Gasteiger partial charge in [0.05, 0.1) is 18.2 Å². The molecule has 1 aromatic carbocycles. The summed E-state index contributed by atoms with van der Waals surface area (Å²) >= 11 is 0. The van der Waals surface area contributed by atoms with Crippen molar-refractivity contribution in [3.63, 3.8) is 0 Å². The summed E-state index contributed by atoms with van der Waals surface area (Å²) in [7, 11) is 0. The Balaban J connectivity index is 1.88. The maximum Gasteiger partial charge on any atom is 0.312 e. The van der Waals surface area contributed by atoms with E-state index in [1.54, 1.807) is 12.1 Å². The molecule has 0 aliphatic heterocycles. The molecule has 0 aliphatic carbocycles. The Morgan fingerprint density at radius 2 is 1.95 bits per heavy atom. The summed E-state index contributed by atoms with van der Waals surface area (Å²) in [5, 5.41) is 9.65. The SMILES string of the molecule is Oc1oc(-c2ccco2)nc1C=Nc1ccccc1. The molecule has 0 amide bonds. The van der Waals surface area contributed by atoms with Gasteiger partial charge >= 0.3 is 5.95 Å². The molecule has 5 heteroatoms. The molecule has 1 N–H and O–H groups in total. The Kier molecular flexibility index (Phi) is 2.86. The van der Waals surface area contributed by atoms with Crippen molar-refractivity contribution in [2.45, 2.75) is 0 Å². The Morgan fingerprint density at radius 1 is 1.11 bits per heavy atom. The zero-order chi connectivity index (χ0) is 13.1. The van der Waals surface area contributed by atoms with Crippen molar-refractivity contribution in [1.29, 1.82) is 0 Å². The predicted octanol–water partition coefficient (Wildman–Crippen LogP) is 3.39. The summed E-state index contributed by atoms with van der Waals surface area (Å²) in [6.07, 6.45) is 2.95. The highest BCUT2D eigenvalue weighted by Gasteiger charge is 2.13. The molecule has 2 heterocycles. The Bertz CT molecular complexity index is 685. The third kappa shape index (κ3) is 2.40. The largest absolute Gasteiger partial charge is 0.479 e. The van der Waals surface area contributed by atoms with Gasteiger partial charge in [0, 0.05) is 0 Å². The van der Waals surface area contributed by atoms with Crippen LogP contribution in [0.15, 0.2) is 62.6 Å². The van der Waals surface area contributed by atoms with Gasteiger partial charge in [-0.25, -0.2) is 4.98 Å². The average Bonchev–Trinajstić information content (AvgIpc) is 3.07. The lowest BCUT2D eigenvalue weighted by atomic mass is 10.3. The van der Waals surface area contributed by atoms with E-state index in [2.05, 4.69) is 9.98 Å². The fourth-order valence-corrected chi connectivity index (χ4v) is 1.56. The van der Waals surface area contributed by atoms with Crippen molar-refractivity contribution in [2.24, 2.45) is 4.99 Å². The number of aliphatic imine (C=N–C) groups is 1. The Hall–Kier alpha value is -2.82. The summed E-state index contributed by atoms with van der Waals surface area (Å²) < 4.78 is 10.2. The number of furan rings is 1. The molecule has 5 nitrogen and oxygen atoms in total. The third-order valence-electron chi connectivity index (χ3n) is 2.46. The van der Waals surface area contributed by atoms with Gasteiger partial charge in [-0.2, -0.15) is 0 Å². The number of nitrogens with zero attached hydrogens (tertiary/aromatic N) is 2. The van der Waals surface area contributed by atoms with Gasteiger partial charge in [0.25, 0.3) is 5.89 Å². The van der Waals surface area contributed by atoms with E-state index in [1.165, 1.54) is 12.5 Å². The van der Waals surface area contributed by atoms with Gasteiger partial charge in [0.2, 0.25) is 0 Å². The molecule has 0 fully saturated rings. The summed E-state index contributed by atoms with van der Waals surface area (Å²) in [6, 6.07) is 12.8. The molecule has 2 aromatic heterocycles. The molecule has 3 rings (SSSR count). The van der Waals surface area contributed by atoms with Gasteiger partial charge in [-0.1, -0.05) is 18.2 Å². The van der Waals surface area contributed by atoms with E-state index in [0.717, 1.165) is 5.69 Å². The van der Waals surface area contributed by atoms with Crippen LogP contribution in [0.5, 0.6) is 5.95 Å². The van der Waals surface area contributed by atoms with Crippen LogP contribution in [0.1, 0.15) is 5.69 Å². The number of oxazole rings is 1. The van der Waals surface area contributed by atoms with Crippen molar-refractivity contribution in [2.75, 3.05) is 0 Å². The number of aromatic nitrogens is 1. The van der Waals surface area contributed by atoms with Crippen LogP contribution >= 0.6 is 0 Å². The normalized spacial score (nSPS) is 11.2. The number of hydrogen-bond donors (Lipinski definition) is 1. The highest BCUT2D eigenvalue weighted by atomic mass is 16.5. The molecule has 0 aliphatic rings. The third-order valence-corrected chi connectivity index (χ3v) is 2.46. The summed E-state index contributed by atoms with van der Waals surface area (Å²) in [5.74, 6) is 0.387. The molecule has 94 valence electrons. The number of benzene rings is 1. The maximum atomic E-state index is 9.65. The van der Waals surface area contributed by atoms with E-state index in [1.807, 2.05) is 30.3 Å². The molecule has 0 unspecified atom stereocenters. The van der Waals surface area contributed by atoms with Crippen LogP contribution in [-0.2, 0) is 0 Å². The second-order valence-corrected chi connectivity index (χ2v) is 3.78. The molecule has 0 spiro atoms. The van der Waals surface area contributed by atoms with E-state index in [-0.39, 0.29) is 17.5 Å². The first-order valence-corrected chi connectivity index (χ1v) is 5.66. The number of para-hydroxylation sites is 1. The van der Waals surface area contributed by atoms with Gasteiger partial charge in [-0.15, -0.1) is 0 Å². The molecule has 0 saturated carbocycles. The second-order valence-electron chi connectivity index (χ2n) is 3.78. The second kappa shape index (κ2) is 4.81. The lowest BCUT2D eigenvalue weighted by molar-refractivity contribution is 0.333. The molecular weight excluding hydrogens is 244 g/mol. The average molecular weight is 254 g/mol. The fraction of sp³-hybridized carbons (Fsp3) is 0. The van der Waals surface area contributed by atoms with E-state index in [0.29, 0.717) is 5.76 Å². The zero-order valence-corrected chi connectivity index (χ0v) is 9.85. The van der Waals surface area contributed by atoms with Crippen molar-refractivity contribution < 1.29 is 13.9 Å². The van der Waals surface area contributed by atoms with Crippen LogP contribution in [0.3, 0.4) is 0 Å². The van der Waals surface area contributed by atoms with Gasteiger partial charge in [-0.3, -0.25) is 4.99 Å². The van der Waals surface area contributed by atoms with Crippen molar-refractivity contribution in [3.05, 3.63) is 54.4 Å². The lowest BCUT2D eigenvalue weighted by Gasteiger charge is -1.89. The molecular formula is C14H10N2O3. The summed E-state index contributed by atoms with van der Waals surface area (Å²) in [4.78, 5) is 8.30. The summed E-state index contributed by atoms with van der Waals surface area (Å²) in [6.45, 7) is 0. The quantitative estimate of drug-likeness (QED) is 0.727. The first kappa shape index (κ1) is 11.3. The molecule has 3 aromatic rings. The molecule has 0 atom stereocenters. The number of hydrogen-bond acceptors (Lipinski definition) is 5. The van der Waals surface area contributed by atoms with Crippen LogP contribution in [0, 0.1) is 0 Å². The predicted molar refractivity (Wildman–Crippen MR) is 69.6 cm³/mol. The van der Waals surface area contributed by atoms with Crippen LogP contribution in [0.25, 0.3) is 11.7 Å². The van der Waals surface area contributed by atoms with E-state index in [4.69, 9.17) is 8.83 Å². The van der Waals surface area contributed by atoms with Crippen LogP contribution in [0.4, 0.5) is 5.69 Å². The fourth-order valence-electron chi connectivity index (χ4n) is 1.56.